The van der Waals surface area contributed by atoms with Crippen LogP contribution in [0.5, 0.6) is 0 Å². The van der Waals surface area contributed by atoms with Crippen LogP contribution in [-0.2, 0) is 14.3 Å². The molecule has 3 aliphatic heterocycles. The molecule has 3 heterocycles. The monoisotopic (exact) mass is 354 g/mol. The van der Waals surface area contributed by atoms with Crippen molar-refractivity contribution in [2.75, 3.05) is 20.2 Å². The third-order valence-electron chi connectivity index (χ3n) is 5.39. The van der Waals surface area contributed by atoms with Crippen molar-refractivity contribution in [3.05, 3.63) is 22.0 Å². The molecule has 128 valence electrons. The Labute approximate surface area is 141 Å². The van der Waals surface area contributed by atoms with E-state index in [9.17, 15) is 19.5 Å². The summed E-state index contributed by atoms with van der Waals surface area (Å²) >= 11 is 5.89. The predicted molar refractivity (Wildman–Crippen MR) is 80.1 cm³/mol. The van der Waals surface area contributed by atoms with Gasteiger partial charge in [-0.2, -0.15) is 0 Å². The first-order valence-electron chi connectivity index (χ1n) is 7.34. The molecule has 2 saturated heterocycles. The van der Waals surface area contributed by atoms with Gasteiger partial charge in [-0.3, -0.25) is 14.5 Å². The van der Waals surface area contributed by atoms with Crippen molar-refractivity contribution in [3.8, 4) is 0 Å². The molecular weight excluding hydrogens is 340 g/mol. The van der Waals surface area contributed by atoms with Crippen LogP contribution >= 0.6 is 11.6 Å². The van der Waals surface area contributed by atoms with Gasteiger partial charge in [0.2, 0.25) is 11.6 Å². The molecule has 10 heteroatoms. The van der Waals surface area contributed by atoms with Gasteiger partial charge in [0.05, 0.1) is 17.7 Å². The minimum atomic E-state index is -1.55. The van der Waals surface area contributed by atoms with Crippen molar-refractivity contribution in [2.24, 2.45) is 17.4 Å². The highest BCUT2D eigenvalue weighted by atomic mass is 35.5. The topological polar surface area (TPSA) is 139 Å². The summed E-state index contributed by atoms with van der Waals surface area (Å²) in [7, 11) is 1.83. The number of amides is 1. The van der Waals surface area contributed by atoms with Crippen LogP contribution in [0, 0.1) is 5.92 Å². The summed E-state index contributed by atoms with van der Waals surface area (Å²) in [6, 6.07) is -0.241. The number of aliphatic hydroxyl groups is 1. The number of nitrogens with zero attached hydrogens (tertiary/aromatic N) is 2. The maximum atomic E-state index is 12.6. The summed E-state index contributed by atoms with van der Waals surface area (Å²) in [5.41, 5.74) is 8.82. The molecule has 5 N–H and O–H groups in total. The van der Waals surface area contributed by atoms with E-state index >= 15 is 0 Å². The van der Waals surface area contributed by atoms with E-state index in [1.165, 1.54) is 4.90 Å². The number of carbonyl (C=O) groups is 3. The Morgan fingerprint density at radius 3 is 2.75 bits per heavy atom. The number of halogens is 1. The van der Waals surface area contributed by atoms with Crippen LogP contribution in [0.15, 0.2) is 22.0 Å². The number of ketones is 2. The number of Topliss-reactive ketones (excluding diaryl/α,β-unsaturated/α-hetero) is 2. The zero-order valence-corrected chi connectivity index (χ0v) is 13.4. The van der Waals surface area contributed by atoms with Crippen molar-refractivity contribution >= 4 is 29.3 Å². The van der Waals surface area contributed by atoms with Crippen LogP contribution < -0.4 is 11.5 Å². The number of hydrogen-bond acceptors (Lipinski definition) is 8. The van der Waals surface area contributed by atoms with Gasteiger partial charge in [-0.1, -0.05) is 11.6 Å². The third kappa shape index (κ3) is 1.59. The lowest BCUT2D eigenvalue weighted by Gasteiger charge is -2.37. The number of primary amides is 1. The number of rotatable bonds is 2. The second kappa shape index (κ2) is 4.50. The van der Waals surface area contributed by atoms with Crippen LogP contribution in [0.3, 0.4) is 0 Å². The summed E-state index contributed by atoms with van der Waals surface area (Å²) in [6.45, 7) is 0.0365. The standard InChI is InChI=1S/C14H15ClN4O5/c1-18-5-2-19-9-6(10(20)8(16)7(15)11(9)21)4(3-24-13(17)22)14(19,23)12(5)18/h4-5,12,23H,2-3,16H2,1H3,(H2,17,22)/t4-,5-,12-,14+,18?/m0/s1. The number of piperazine rings is 1. The van der Waals surface area contributed by atoms with Crippen molar-refractivity contribution < 1.29 is 24.2 Å². The van der Waals surface area contributed by atoms with Gasteiger partial charge in [-0.05, 0) is 7.05 Å². The number of carbonyl (C=O) groups excluding carboxylic acids is 3. The Balaban J connectivity index is 1.82. The maximum absolute atomic E-state index is 12.6. The normalized spacial score (nSPS) is 39.9. The van der Waals surface area contributed by atoms with Gasteiger partial charge in [0.25, 0.3) is 0 Å². The second-order valence-electron chi connectivity index (χ2n) is 6.40. The van der Waals surface area contributed by atoms with E-state index in [1.54, 1.807) is 0 Å². The Morgan fingerprint density at radius 2 is 2.12 bits per heavy atom. The molecule has 0 spiro atoms. The molecule has 5 atom stereocenters. The van der Waals surface area contributed by atoms with Crippen molar-refractivity contribution in [3.63, 3.8) is 0 Å². The molecule has 1 amide bonds. The highest BCUT2D eigenvalue weighted by Crippen LogP contribution is 2.57. The fraction of sp³-hybridized carbons (Fsp3) is 0.500. The summed E-state index contributed by atoms with van der Waals surface area (Å²) < 4.78 is 4.84. The molecule has 9 nitrogen and oxygen atoms in total. The van der Waals surface area contributed by atoms with E-state index in [0.29, 0.717) is 6.54 Å². The molecule has 4 rings (SSSR count). The first kappa shape index (κ1) is 15.4. The summed E-state index contributed by atoms with van der Waals surface area (Å²) in [6.07, 6.45) is -1.03. The van der Waals surface area contributed by atoms with Gasteiger partial charge in [0, 0.05) is 18.2 Å². The fourth-order valence-electron chi connectivity index (χ4n) is 4.25. The van der Waals surface area contributed by atoms with E-state index in [-0.39, 0.29) is 40.7 Å². The van der Waals surface area contributed by atoms with Crippen molar-refractivity contribution in [1.29, 1.82) is 0 Å². The molecular formula is C14H15ClN4O5. The zero-order chi connectivity index (χ0) is 17.5. The van der Waals surface area contributed by atoms with Gasteiger partial charge in [0.15, 0.2) is 5.72 Å². The molecule has 0 aromatic rings. The Hall–Kier alpha value is -2.10. The average Bonchev–Trinajstić information content (AvgIpc) is 2.93. The molecule has 1 aliphatic carbocycles. The van der Waals surface area contributed by atoms with Gasteiger partial charge < -0.3 is 26.2 Å². The van der Waals surface area contributed by atoms with E-state index in [4.69, 9.17) is 27.8 Å². The minimum Gasteiger partial charge on any atom is -0.449 e. The largest absolute Gasteiger partial charge is 0.449 e. The number of ether oxygens (including phenoxy) is 1. The van der Waals surface area contributed by atoms with Crippen LogP contribution in [0.4, 0.5) is 4.79 Å². The van der Waals surface area contributed by atoms with Gasteiger partial charge in [-0.25, -0.2) is 4.79 Å². The number of fused-ring (bicyclic) bond motifs is 4. The molecule has 0 radical (unpaired) electrons. The van der Waals surface area contributed by atoms with Crippen molar-refractivity contribution in [1.82, 2.24) is 9.80 Å². The third-order valence-corrected chi connectivity index (χ3v) is 5.77. The molecule has 0 saturated carbocycles. The molecule has 4 aliphatic rings. The van der Waals surface area contributed by atoms with E-state index < -0.39 is 29.3 Å². The Morgan fingerprint density at radius 1 is 1.46 bits per heavy atom. The first-order valence-corrected chi connectivity index (χ1v) is 7.72. The SMILES string of the molecule is CN1[C@H]2[C@@H]1CN1C3=C(C(=O)C(N)=C(Cl)C3=O)[C@H](COC(N)=O)[C@@]21O. The quantitative estimate of drug-likeness (QED) is 0.390. The summed E-state index contributed by atoms with van der Waals surface area (Å²) in [5, 5.41) is 11.0. The molecule has 0 bridgehead atoms. The lowest BCUT2D eigenvalue weighted by atomic mass is 9.84. The molecule has 0 aromatic heterocycles. The lowest BCUT2D eigenvalue weighted by molar-refractivity contribution is -0.126. The second-order valence-corrected chi connectivity index (χ2v) is 6.78. The van der Waals surface area contributed by atoms with Gasteiger partial charge in [-0.15, -0.1) is 0 Å². The number of likely N-dealkylation sites (N-methyl/N-ethyl adjacent to an activating group) is 1. The van der Waals surface area contributed by atoms with E-state index in [2.05, 4.69) is 0 Å². The Bertz CT molecular complexity index is 777. The lowest BCUT2D eigenvalue weighted by Crippen LogP contribution is -2.53. The maximum Gasteiger partial charge on any atom is 0.404 e. The minimum absolute atomic E-state index is 0.0319. The average molecular weight is 355 g/mol. The first-order chi connectivity index (χ1) is 11.2. The number of allylic oxidation sites excluding steroid dienone is 2. The summed E-state index contributed by atoms with van der Waals surface area (Å²) in [5.74, 6) is -2.16. The predicted octanol–water partition coefficient (Wildman–Crippen LogP) is -1.79. The van der Waals surface area contributed by atoms with Gasteiger partial charge in [0.1, 0.15) is 17.3 Å². The molecule has 2 fully saturated rings. The number of hydrogen-bond donors (Lipinski definition) is 3. The van der Waals surface area contributed by atoms with Gasteiger partial charge >= 0.3 is 6.09 Å². The summed E-state index contributed by atoms with van der Waals surface area (Å²) in [4.78, 5) is 39.6. The zero-order valence-electron chi connectivity index (χ0n) is 12.7. The van der Waals surface area contributed by atoms with E-state index in [1.807, 2.05) is 11.9 Å². The fourth-order valence-corrected chi connectivity index (χ4v) is 4.42. The highest BCUT2D eigenvalue weighted by molar-refractivity contribution is 6.49. The van der Waals surface area contributed by atoms with Crippen LogP contribution in [0.1, 0.15) is 0 Å². The van der Waals surface area contributed by atoms with Crippen LogP contribution in [0.2, 0.25) is 0 Å². The highest BCUT2D eigenvalue weighted by Gasteiger charge is 2.74. The molecule has 0 aromatic carbocycles. The molecule has 24 heavy (non-hydrogen) atoms. The molecule has 1 unspecified atom stereocenters. The number of nitrogens with two attached hydrogens (primary N) is 2. The van der Waals surface area contributed by atoms with Crippen molar-refractivity contribution in [2.45, 2.75) is 17.8 Å². The van der Waals surface area contributed by atoms with Crippen LogP contribution in [-0.4, -0.2) is 70.6 Å². The Kier molecular flexibility index (Phi) is 2.89. The smallest absolute Gasteiger partial charge is 0.404 e. The van der Waals surface area contributed by atoms with Crippen LogP contribution in [0.25, 0.3) is 0 Å². The van der Waals surface area contributed by atoms with E-state index in [0.717, 1.165) is 0 Å².